The molecular formula is C15H15ClN6O. The van der Waals surface area contributed by atoms with Gasteiger partial charge in [0.2, 0.25) is 0 Å². The van der Waals surface area contributed by atoms with Gasteiger partial charge in [0.1, 0.15) is 0 Å². The molecule has 4 N–H and O–H groups in total. The highest BCUT2D eigenvalue weighted by Gasteiger charge is 2.16. The Morgan fingerprint density at radius 2 is 2.00 bits per heavy atom. The first-order valence-electron chi connectivity index (χ1n) is 6.59. The number of guanidine groups is 1. The molecule has 3 aromatic rings. The number of pyridine rings is 1. The minimum Gasteiger partial charge on any atom is -0.370 e. The lowest BCUT2D eigenvalue weighted by Gasteiger charge is -2.08. The van der Waals surface area contributed by atoms with Crippen molar-refractivity contribution in [3.63, 3.8) is 0 Å². The van der Waals surface area contributed by atoms with Crippen molar-refractivity contribution < 1.29 is 4.79 Å². The number of carbonyl (C=O) groups excluding carboxylic acids is 1. The molecule has 8 heteroatoms. The van der Waals surface area contributed by atoms with Gasteiger partial charge in [0.05, 0.1) is 23.1 Å². The van der Waals surface area contributed by atoms with E-state index >= 15 is 0 Å². The maximum absolute atomic E-state index is 12.0. The Morgan fingerprint density at radius 1 is 1.22 bits per heavy atom. The first kappa shape index (κ1) is 16.4. The molecular weight excluding hydrogens is 316 g/mol. The highest BCUT2D eigenvalue weighted by molar-refractivity contribution is 6.02. The number of carbonyl (C=O) groups is 1. The molecule has 118 valence electrons. The van der Waals surface area contributed by atoms with Crippen molar-refractivity contribution in [2.75, 3.05) is 0 Å². The lowest BCUT2D eigenvalue weighted by molar-refractivity contribution is 0.100. The summed E-state index contributed by atoms with van der Waals surface area (Å²) in [5, 5.41) is 6.27. The van der Waals surface area contributed by atoms with E-state index < -0.39 is 5.91 Å². The maximum atomic E-state index is 12.0. The monoisotopic (exact) mass is 330 g/mol. The van der Waals surface area contributed by atoms with Crippen LogP contribution in [0.5, 0.6) is 0 Å². The summed E-state index contributed by atoms with van der Waals surface area (Å²) in [7, 11) is 0. The van der Waals surface area contributed by atoms with Crippen molar-refractivity contribution in [3.8, 4) is 5.69 Å². The van der Waals surface area contributed by atoms with Gasteiger partial charge in [0.15, 0.2) is 5.96 Å². The average molecular weight is 331 g/mol. The lowest BCUT2D eigenvalue weighted by Crippen LogP contribution is -2.24. The van der Waals surface area contributed by atoms with Crippen LogP contribution in [-0.2, 0) is 0 Å². The molecule has 3 rings (SSSR count). The summed E-state index contributed by atoms with van der Waals surface area (Å²) < 4.78 is 1.69. The zero-order valence-corrected chi connectivity index (χ0v) is 13.1. The first-order valence-corrected chi connectivity index (χ1v) is 6.59. The minimum atomic E-state index is -0.509. The highest BCUT2D eigenvalue weighted by Crippen LogP contribution is 2.23. The Morgan fingerprint density at radius 3 is 2.74 bits per heavy atom. The fraction of sp³-hybridized carbons (Fsp3) is 0.0667. The summed E-state index contributed by atoms with van der Waals surface area (Å²) in [4.78, 5) is 19.6. The molecule has 0 atom stereocenters. The van der Waals surface area contributed by atoms with Crippen LogP contribution in [0.15, 0.2) is 47.8 Å². The van der Waals surface area contributed by atoms with Gasteiger partial charge >= 0.3 is 0 Å². The number of nitrogens with two attached hydrogens (primary N) is 2. The Bertz CT molecular complexity index is 893. The fourth-order valence-electron chi connectivity index (χ4n) is 2.33. The molecule has 0 saturated heterocycles. The molecule has 23 heavy (non-hydrogen) atoms. The zero-order chi connectivity index (χ0) is 15.7. The van der Waals surface area contributed by atoms with Gasteiger partial charge < -0.3 is 11.5 Å². The number of aromatic nitrogens is 3. The van der Waals surface area contributed by atoms with E-state index in [1.54, 1.807) is 24.0 Å². The van der Waals surface area contributed by atoms with Crippen molar-refractivity contribution in [2.24, 2.45) is 16.5 Å². The highest BCUT2D eigenvalue weighted by atomic mass is 35.5. The number of nitrogens with zero attached hydrogens (tertiary/aromatic N) is 4. The van der Waals surface area contributed by atoms with Crippen LogP contribution in [0.1, 0.15) is 16.1 Å². The Labute approximate surface area is 138 Å². The number of hydrogen-bond donors (Lipinski definition) is 2. The van der Waals surface area contributed by atoms with Gasteiger partial charge in [-0.2, -0.15) is 10.1 Å². The quantitative estimate of drug-likeness (QED) is 0.547. The summed E-state index contributed by atoms with van der Waals surface area (Å²) in [5.41, 5.74) is 12.4. The van der Waals surface area contributed by atoms with E-state index in [1.165, 1.54) is 6.20 Å². The van der Waals surface area contributed by atoms with Crippen LogP contribution in [0, 0.1) is 6.92 Å². The average Bonchev–Trinajstić information content (AvgIpc) is 2.87. The predicted molar refractivity (Wildman–Crippen MR) is 91.0 cm³/mol. The van der Waals surface area contributed by atoms with E-state index in [0.29, 0.717) is 11.3 Å². The van der Waals surface area contributed by atoms with E-state index in [1.807, 2.05) is 24.3 Å². The normalized spacial score (nSPS) is 10.1. The summed E-state index contributed by atoms with van der Waals surface area (Å²) in [6, 6.07) is 7.72. The molecule has 0 aliphatic carbocycles. The van der Waals surface area contributed by atoms with E-state index in [4.69, 9.17) is 11.5 Å². The van der Waals surface area contributed by atoms with Crippen molar-refractivity contribution in [1.82, 2.24) is 14.8 Å². The molecule has 0 aliphatic rings. The molecule has 0 bridgehead atoms. The second-order valence-electron chi connectivity index (χ2n) is 4.77. The largest absolute Gasteiger partial charge is 0.370 e. The van der Waals surface area contributed by atoms with E-state index in [2.05, 4.69) is 15.1 Å². The Balaban J connectivity index is 0.00000192. The summed E-state index contributed by atoms with van der Waals surface area (Å²) >= 11 is 0. The molecule has 0 radical (unpaired) electrons. The zero-order valence-electron chi connectivity index (χ0n) is 12.3. The second kappa shape index (κ2) is 6.45. The van der Waals surface area contributed by atoms with Crippen LogP contribution in [0.2, 0.25) is 0 Å². The number of hydrogen-bond acceptors (Lipinski definition) is 3. The number of halogens is 1. The molecule has 0 aliphatic heterocycles. The molecule has 2 aromatic heterocycles. The van der Waals surface area contributed by atoms with Gasteiger partial charge in [-0.15, -0.1) is 12.4 Å². The molecule has 0 spiro atoms. The summed E-state index contributed by atoms with van der Waals surface area (Å²) in [6.07, 6.45) is 4.96. The number of fused-ring (bicyclic) bond motifs is 1. The molecule has 0 fully saturated rings. The smallest absolute Gasteiger partial charge is 0.283 e. The third-order valence-electron chi connectivity index (χ3n) is 3.36. The van der Waals surface area contributed by atoms with Gasteiger partial charge in [-0.1, -0.05) is 12.1 Å². The van der Waals surface area contributed by atoms with Crippen molar-refractivity contribution in [3.05, 3.63) is 54.1 Å². The van der Waals surface area contributed by atoms with Gasteiger partial charge in [-0.05, 0) is 19.1 Å². The molecule has 0 saturated carbocycles. The Hall–Kier alpha value is -2.93. The van der Waals surface area contributed by atoms with Gasteiger partial charge in [-0.3, -0.25) is 9.78 Å². The number of benzene rings is 1. The third-order valence-corrected chi connectivity index (χ3v) is 3.36. The number of aliphatic imine (C=N–C) groups is 1. The SMILES string of the molecule is Cc1c(C(=O)N=C(N)N)cnn1-c1cccc2cnccc12.Cl. The van der Waals surface area contributed by atoms with E-state index in [9.17, 15) is 4.79 Å². The van der Waals surface area contributed by atoms with Crippen LogP contribution >= 0.6 is 12.4 Å². The van der Waals surface area contributed by atoms with E-state index in [-0.39, 0.29) is 18.4 Å². The fourth-order valence-corrected chi connectivity index (χ4v) is 2.33. The van der Waals surface area contributed by atoms with Crippen molar-refractivity contribution in [1.29, 1.82) is 0 Å². The molecule has 7 nitrogen and oxygen atoms in total. The third kappa shape index (κ3) is 3.00. The van der Waals surface area contributed by atoms with Gasteiger partial charge in [0.25, 0.3) is 5.91 Å². The molecule has 2 heterocycles. The Kier molecular flexibility index (Phi) is 4.61. The topological polar surface area (TPSA) is 112 Å². The molecule has 1 amide bonds. The van der Waals surface area contributed by atoms with Gasteiger partial charge in [0, 0.05) is 23.2 Å². The van der Waals surface area contributed by atoms with Crippen LogP contribution < -0.4 is 11.5 Å². The number of rotatable bonds is 2. The molecule has 1 aromatic carbocycles. The first-order chi connectivity index (χ1) is 10.6. The summed E-state index contributed by atoms with van der Waals surface area (Å²) in [6.45, 7) is 1.79. The van der Waals surface area contributed by atoms with Crippen molar-refractivity contribution in [2.45, 2.75) is 6.92 Å². The summed E-state index contributed by atoms with van der Waals surface area (Å²) in [5.74, 6) is -0.779. The van der Waals surface area contributed by atoms with E-state index in [0.717, 1.165) is 16.5 Å². The lowest BCUT2D eigenvalue weighted by atomic mass is 10.1. The standard InChI is InChI=1S/C15H14N6O.ClH/c1-9-12(14(22)20-15(16)17)8-19-21(9)13-4-2-3-10-7-18-6-5-11(10)13;/h2-8H,1H3,(H4,16,17,20,22);1H. The minimum absolute atomic E-state index is 0. The predicted octanol–water partition coefficient (Wildman–Crippen LogP) is 1.56. The van der Waals surface area contributed by atoms with Crippen LogP contribution in [0.25, 0.3) is 16.5 Å². The van der Waals surface area contributed by atoms with Gasteiger partial charge in [-0.25, -0.2) is 4.68 Å². The van der Waals surface area contributed by atoms with Crippen LogP contribution in [0.3, 0.4) is 0 Å². The van der Waals surface area contributed by atoms with Crippen LogP contribution in [0.4, 0.5) is 0 Å². The van der Waals surface area contributed by atoms with Crippen LogP contribution in [-0.4, -0.2) is 26.6 Å². The van der Waals surface area contributed by atoms with Crippen molar-refractivity contribution >= 4 is 35.0 Å². The molecule has 0 unspecified atom stereocenters. The number of amides is 1. The maximum Gasteiger partial charge on any atom is 0.283 e. The second-order valence-corrected chi connectivity index (χ2v) is 4.77.